The first-order valence-corrected chi connectivity index (χ1v) is 14.0. The molecule has 0 saturated carbocycles. The van der Waals surface area contributed by atoms with Crippen LogP contribution in [-0.2, 0) is 30.6 Å². The fourth-order valence-electron chi connectivity index (χ4n) is 3.91. The number of amides is 3. The molecule has 4 N–H and O–H groups in total. The Balaban J connectivity index is 1.99. The molecular formula is C30H40ClN3O7. The molecule has 0 heterocycles. The number of carboxylic acids is 1. The Morgan fingerprint density at radius 1 is 0.951 bits per heavy atom. The average Bonchev–Trinajstić information content (AvgIpc) is 2.91. The second kappa shape index (κ2) is 17.2. The molecule has 2 aromatic carbocycles. The molecule has 2 aromatic rings. The van der Waals surface area contributed by atoms with Crippen LogP contribution in [0.1, 0.15) is 58.4 Å². The summed E-state index contributed by atoms with van der Waals surface area (Å²) in [6, 6.07) is 15.4. The maximum absolute atomic E-state index is 13.4. The second-order valence-electron chi connectivity index (χ2n) is 10.7. The van der Waals surface area contributed by atoms with Crippen LogP contribution in [0.3, 0.4) is 0 Å². The van der Waals surface area contributed by atoms with Crippen molar-refractivity contribution in [1.29, 1.82) is 0 Å². The number of halogens is 1. The van der Waals surface area contributed by atoms with Crippen molar-refractivity contribution < 1.29 is 33.9 Å². The Morgan fingerprint density at radius 3 is 2.27 bits per heavy atom. The van der Waals surface area contributed by atoms with Gasteiger partial charge in [-0.2, -0.15) is 0 Å². The van der Waals surface area contributed by atoms with Crippen LogP contribution in [0.15, 0.2) is 54.6 Å². The van der Waals surface area contributed by atoms with E-state index >= 15 is 0 Å². The third-order valence-corrected chi connectivity index (χ3v) is 6.40. The number of hydroxylamine groups is 1. The predicted octanol–water partition coefficient (Wildman–Crippen LogP) is 4.27. The van der Waals surface area contributed by atoms with E-state index in [1.807, 2.05) is 30.3 Å². The Labute approximate surface area is 246 Å². The van der Waals surface area contributed by atoms with E-state index in [9.17, 15) is 19.2 Å². The summed E-state index contributed by atoms with van der Waals surface area (Å²) in [7, 11) is 0. The van der Waals surface area contributed by atoms with Crippen molar-refractivity contribution in [2.24, 2.45) is 11.3 Å². The third-order valence-electron chi connectivity index (χ3n) is 6.15. The minimum absolute atomic E-state index is 0.0607. The van der Waals surface area contributed by atoms with Crippen LogP contribution in [-0.4, -0.2) is 48.0 Å². The first-order chi connectivity index (χ1) is 19.5. The molecule has 2 atom stereocenters. The molecule has 10 nitrogen and oxygen atoms in total. The van der Waals surface area contributed by atoms with Gasteiger partial charge < -0.3 is 20.5 Å². The van der Waals surface area contributed by atoms with E-state index in [0.717, 1.165) is 5.56 Å². The number of rotatable bonds is 17. The molecule has 224 valence electrons. The summed E-state index contributed by atoms with van der Waals surface area (Å²) in [6.07, 6.45) is 1.22. The monoisotopic (exact) mass is 589 g/mol. The van der Waals surface area contributed by atoms with Crippen molar-refractivity contribution in [2.75, 3.05) is 13.2 Å². The van der Waals surface area contributed by atoms with Crippen molar-refractivity contribution in [3.63, 3.8) is 0 Å². The number of aliphatic carboxylic acids is 1. The number of carbonyl (C=O) groups excluding carboxylic acids is 3. The fourth-order valence-corrected chi connectivity index (χ4v) is 4.04. The molecule has 3 amide bonds. The summed E-state index contributed by atoms with van der Waals surface area (Å²) in [4.78, 5) is 55.1. The maximum Gasteiger partial charge on any atom is 0.305 e. The minimum atomic E-state index is -1.04. The van der Waals surface area contributed by atoms with E-state index in [4.69, 9.17) is 26.3 Å². The van der Waals surface area contributed by atoms with Crippen molar-refractivity contribution >= 4 is 35.3 Å². The van der Waals surface area contributed by atoms with Gasteiger partial charge in [0.15, 0.2) is 0 Å². The lowest BCUT2D eigenvalue weighted by Crippen LogP contribution is -2.55. The molecule has 0 saturated heterocycles. The Bertz CT molecular complexity index is 1120. The summed E-state index contributed by atoms with van der Waals surface area (Å²) in [6.45, 7) is 5.91. The SMILES string of the molecule is CC(C)(C)[C@H](NC(=O)[C@H](CCCCOc1ccc(Cl)cc1)CC(=O)NOCc1ccccc1)C(=O)NCCC(=O)O. The Hall–Kier alpha value is -3.63. The third kappa shape index (κ3) is 13.5. The van der Waals surface area contributed by atoms with Gasteiger partial charge in [-0.15, -0.1) is 0 Å². The van der Waals surface area contributed by atoms with E-state index in [1.165, 1.54) is 0 Å². The van der Waals surface area contributed by atoms with Gasteiger partial charge >= 0.3 is 5.97 Å². The van der Waals surface area contributed by atoms with Crippen LogP contribution in [0, 0.1) is 11.3 Å². The number of carbonyl (C=O) groups is 4. The van der Waals surface area contributed by atoms with Gasteiger partial charge in [-0.3, -0.25) is 24.0 Å². The quantitative estimate of drug-likeness (QED) is 0.159. The number of hydrogen-bond donors (Lipinski definition) is 4. The zero-order chi connectivity index (χ0) is 30.3. The molecule has 0 spiro atoms. The summed E-state index contributed by atoms with van der Waals surface area (Å²) < 4.78 is 5.72. The van der Waals surface area contributed by atoms with Crippen molar-refractivity contribution in [3.8, 4) is 5.75 Å². The molecule has 41 heavy (non-hydrogen) atoms. The lowest BCUT2D eigenvalue weighted by Gasteiger charge is -2.31. The van der Waals surface area contributed by atoms with Crippen molar-refractivity contribution in [2.45, 2.75) is 65.5 Å². The number of nitrogens with one attached hydrogen (secondary N) is 3. The summed E-state index contributed by atoms with van der Waals surface area (Å²) in [5.41, 5.74) is 2.61. The number of unbranched alkanes of at least 4 members (excludes halogenated alkanes) is 1. The standard InChI is InChI=1S/C30H40ClN3O7/c1-30(2,3)27(29(39)32-17-16-26(36)37)33-28(38)22(11-7-8-18-40-24-14-12-23(31)13-15-24)19-25(35)34-41-20-21-9-5-4-6-10-21/h4-6,9-10,12-15,22,27H,7-8,11,16-20H2,1-3H3,(H,32,39)(H,33,38)(H,34,35)(H,36,37)/t22-,27-/m1/s1. The highest BCUT2D eigenvalue weighted by Crippen LogP contribution is 2.22. The van der Waals surface area contributed by atoms with E-state index in [1.54, 1.807) is 45.0 Å². The molecule has 0 aromatic heterocycles. The number of ether oxygens (including phenoxy) is 1. The van der Waals surface area contributed by atoms with Crippen LogP contribution in [0.2, 0.25) is 5.02 Å². The highest BCUT2D eigenvalue weighted by molar-refractivity contribution is 6.30. The number of hydrogen-bond acceptors (Lipinski definition) is 6. The Morgan fingerprint density at radius 2 is 1.63 bits per heavy atom. The van der Waals surface area contributed by atoms with Gasteiger partial charge in [-0.05, 0) is 54.5 Å². The Kier molecular flexibility index (Phi) is 14.1. The van der Waals surface area contributed by atoms with Gasteiger partial charge in [0.25, 0.3) is 0 Å². The van der Waals surface area contributed by atoms with Gasteiger partial charge in [0, 0.05) is 23.9 Å². The maximum atomic E-state index is 13.4. The fraction of sp³-hybridized carbons (Fsp3) is 0.467. The lowest BCUT2D eigenvalue weighted by atomic mass is 9.85. The predicted molar refractivity (Wildman–Crippen MR) is 155 cm³/mol. The topological polar surface area (TPSA) is 143 Å². The van der Waals surface area contributed by atoms with Gasteiger partial charge in [-0.25, -0.2) is 5.48 Å². The molecule has 0 unspecified atom stereocenters. The first-order valence-electron chi connectivity index (χ1n) is 13.6. The molecule has 0 bridgehead atoms. The molecule has 0 aliphatic carbocycles. The normalized spacial score (nSPS) is 12.6. The lowest BCUT2D eigenvalue weighted by molar-refractivity contribution is -0.140. The zero-order valence-electron chi connectivity index (χ0n) is 23.8. The van der Waals surface area contributed by atoms with Crippen LogP contribution < -0.4 is 20.9 Å². The largest absolute Gasteiger partial charge is 0.494 e. The van der Waals surface area contributed by atoms with E-state index in [2.05, 4.69) is 16.1 Å². The summed E-state index contributed by atoms with van der Waals surface area (Å²) >= 11 is 5.90. The van der Waals surface area contributed by atoms with Crippen molar-refractivity contribution in [3.05, 3.63) is 65.2 Å². The minimum Gasteiger partial charge on any atom is -0.494 e. The highest BCUT2D eigenvalue weighted by atomic mass is 35.5. The molecular weight excluding hydrogens is 550 g/mol. The first kappa shape index (κ1) is 33.6. The molecule has 0 aliphatic rings. The van der Waals surface area contributed by atoms with E-state index < -0.39 is 41.1 Å². The van der Waals surface area contributed by atoms with Crippen molar-refractivity contribution in [1.82, 2.24) is 16.1 Å². The molecule has 0 fully saturated rings. The number of benzene rings is 2. The van der Waals surface area contributed by atoms with Gasteiger partial charge in [0.2, 0.25) is 17.7 Å². The molecule has 0 aliphatic heterocycles. The van der Waals surface area contributed by atoms with Crippen LogP contribution >= 0.6 is 11.6 Å². The van der Waals surface area contributed by atoms with Crippen LogP contribution in [0.4, 0.5) is 0 Å². The van der Waals surface area contributed by atoms with Crippen LogP contribution in [0.5, 0.6) is 5.75 Å². The summed E-state index contributed by atoms with van der Waals surface area (Å²) in [5, 5.41) is 14.8. The van der Waals surface area contributed by atoms with Crippen LogP contribution in [0.25, 0.3) is 0 Å². The van der Waals surface area contributed by atoms with Gasteiger partial charge in [-0.1, -0.05) is 62.7 Å². The molecule has 2 rings (SSSR count). The molecule has 11 heteroatoms. The number of carboxylic acid groups (broad SMARTS) is 1. The smallest absolute Gasteiger partial charge is 0.305 e. The second-order valence-corrected chi connectivity index (χ2v) is 11.2. The average molecular weight is 590 g/mol. The van der Waals surface area contributed by atoms with E-state index in [0.29, 0.717) is 36.6 Å². The van der Waals surface area contributed by atoms with E-state index in [-0.39, 0.29) is 26.0 Å². The zero-order valence-corrected chi connectivity index (χ0v) is 24.5. The molecule has 0 radical (unpaired) electrons. The van der Waals surface area contributed by atoms with Gasteiger partial charge in [0.05, 0.1) is 19.6 Å². The summed E-state index contributed by atoms with van der Waals surface area (Å²) in [5.74, 6) is -2.49. The highest BCUT2D eigenvalue weighted by Gasteiger charge is 2.34. The van der Waals surface area contributed by atoms with Gasteiger partial charge in [0.1, 0.15) is 11.8 Å².